The summed E-state index contributed by atoms with van der Waals surface area (Å²) in [5, 5.41) is 34.3. The van der Waals surface area contributed by atoms with E-state index in [-0.39, 0.29) is 18.4 Å². The molecule has 0 radical (unpaired) electrons. The van der Waals surface area contributed by atoms with E-state index in [0.29, 0.717) is 17.7 Å². The second-order valence-electron chi connectivity index (χ2n) is 5.72. The van der Waals surface area contributed by atoms with E-state index < -0.39 is 23.2 Å². The van der Waals surface area contributed by atoms with Crippen LogP contribution in [0.4, 0.5) is 5.69 Å². The van der Waals surface area contributed by atoms with Gasteiger partial charge in [-0.15, -0.1) is 0 Å². The quantitative estimate of drug-likeness (QED) is 0.498. The number of anilines is 1. The second kappa shape index (κ2) is 4.56. The van der Waals surface area contributed by atoms with E-state index in [1.807, 2.05) is 6.07 Å². The Labute approximate surface area is 121 Å². The van der Waals surface area contributed by atoms with E-state index in [2.05, 4.69) is 5.32 Å². The first-order valence-electron chi connectivity index (χ1n) is 6.89. The topological polar surface area (TPSA) is 116 Å². The van der Waals surface area contributed by atoms with Gasteiger partial charge in [0.15, 0.2) is 5.79 Å². The van der Waals surface area contributed by atoms with Gasteiger partial charge in [0.05, 0.1) is 5.92 Å². The van der Waals surface area contributed by atoms with Crippen LogP contribution in [0.2, 0.25) is 0 Å². The van der Waals surface area contributed by atoms with E-state index in [1.54, 1.807) is 18.2 Å². The number of rotatable bonds is 2. The van der Waals surface area contributed by atoms with Crippen LogP contribution in [0.15, 0.2) is 36.0 Å². The van der Waals surface area contributed by atoms with Crippen molar-refractivity contribution >= 4 is 11.6 Å². The molecule has 2 aliphatic rings. The normalized spacial score (nSPS) is 30.2. The van der Waals surface area contributed by atoms with Crippen molar-refractivity contribution in [1.82, 2.24) is 0 Å². The van der Waals surface area contributed by atoms with E-state index in [0.717, 1.165) is 0 Å². The highest BCUT2D eigenvalue weighted by molar-refractivity contribution is 5.95. The van der Waals surface area contributed by atoms with Crippen molar-refractivity contribution in [3.05, 3.63) is 41.6 Å². The van der Waals surface area contributed by atoms with Crippen LogP contribution in [0, 0.1) is 0 Å². The molecular formula is C15H18N2O4. The maximum Gasteiger partial charge on any atom is 0.246 e. The fraction of sp³-hybridized carbons (Fsp3) is 0.400. The third kappa shape index (κ3) is 1.95. The highest BCUT2D eigenvalue weighted by atomic mass is 16.5. The first kappa shape index (κ1) is 14.1. The molecule has 6 heteroatoms. The van der Waals surface area contributed by atoms with Crippen LogP contribution in [-0.2, 0) is 4.79 Å². The van der Waals surface area contributed by atoms with Gasteiger partial charge in [-0.05, 0) is 24.5 Å². The molecule has 1 aromatic carbocycles. The SMILES string of the molecule is NC(=O)C1=CNc2ccccc2C1C1(O)CCCC1(O)O. The third-order valence-electron chi connectivity index (χ3n) is 4.50. The summed E-state index contributed by atoms with van der Waals surface area (Å²) in [7, 11) is 0. The predicted octanol–water partition coefficient (Wildman–Crippen LogP) is 0.161. The monoisotopic (exact) mass is 290 g/mol. The molecule has 2 unspecified atom stereocenters. The van der Waals surface area contributed by atoms with Crippen LogP contribution >= 0.6 is 0 Å². The highest BCUT2D eigenvalue weighted by Gasteiger charge is 2.59. The molecule has 0 spiro atoms. The Bertz CT molecular complexity index is 626. The van der Waals surface area contributed by atoms with Crippen molar-refractivity contribution in [3.8, 4) is 0 Å². The fourth-order valence-electron chi connectivity index (χ4n) is 3.41. The average molecular weight is 290 g/mol. The predicted molar refractivity (Wildman–Crippen MR) is 76.1 cm³/mol. The van der Waals surface area contributed by atoms with Crippen LogP contribution in [-0.4, -0.2) is 32.6 Å². The Morgan fingerprint density at radius 1 is 1.24 bits per heavy atom. The molecule has 112 valence electrons. The molecule has 1 saturated carbocycles. The number of primary amides is 1. The second-order valence-corrected chi connectivity index (χ2v) is 5.72. The Kier molecular flexibility index (Phi) is 3.05. The van der Waals surface area contributed by atoms with Gasteiger partial charge in [-0.1, -0.05) is 18.2 Å². The largest absolute Gasteiger partial charge is 0.383 e. The van der Waals surface area contributed by atoms with Gasteiger partial charge in [-0.25, -0.2) is 0 Å². The summed E-state index contributed by atoms with van der Waals surface area (Å²) in [6.45, 7) is 0. The first-order valence-corrected chi connectivity index (χ1v) is 6.89. The molecule has 1 aromatic rings. The lowest BCUT2D eigenvalue weighted by atomic mass is 9.72. The summed E-state index contributed by atoms with van der Waals surface area (Å²) in [5.41, 5.74) is 5.05. The minimum Gasteiger partial charge on any atom is -0.383 e. The van der Waals surface area contributed by atoms with Crippen molar-refractivity contribution < 1.29 is 20.1 Å². The summed E-state index contributed by atoms with van der Waals surface area (Å²) in [6.07, 6.45) is 2.13. The lowest BCUT2D eigenvalue weighted by Gasteiger charge is -2.42. The average Bonchev–Trinajstić information content (AvgIpc) is 2.72. The number of hydrogen-bond donors (Lipinski definition) is 5. The number of aliphatic hydroxyl groups is 3. The van der Waals surface area contributed by atoms with Gasteiger partial charge in [0.2, 0.25) is 5.91 Å². The molecule has 1 heterocycles. The summed E-state index contributed by atoms with van der Waals surface area (Å²) in [4.78, 5) is 11.7. The molecule has 21 heavy (non-hydrogen) atoms. The standard InChI is InChI=1S/C15H18N2O4/c16-13(18)10-8-17-11-5-2-1-4-9(11)12(10)14(19)6-3-7-15(14,20)21/h1-2,4-5,8,12,17,19-21H,3,6-7H2,(H2,16,18). The van der Waals surface area contributed by atoms with Crippen LogP contribution < -0.4 is 11.1 Å². The number of fused-ring (bicyclic) bond motifs is 1. The molecule has 0 aromatic heterocycles. The van der Waals surface area contributed by atoms with Gasteiger partial charge in [-0.2, -0.15) is 0 Å². The molecule has 2 atom stereocenters. The zero-order chi connectivity index (χ0) is 15.3. The molecule has 6 nitrogen and oxygen atoms in total. The Balaban J connectivity index is 2.18. The Morgan fingerprint density at radius 2 is 1.95 bits per heavy atom. The molecule has 1 amide bonds. The first-order chi connectivity index (χ1) is 9.87. The van der Waals surface area contributed by atoms with Crippen molar-refractivity contribution in [3.63, 3.8) is 0 Å². The van der Waals surface area contributed by atoms with Crippen molar-refractivity contribution in [2.24, 2.45) is 5.73 Å². The number of benzene rings is 1. The zero-order valence-corrected chi connectivity index (χ0v) is 11.4. The molecule has 0 saturated heterocycles. The van der Waals surface area contributed by atoms with E-state index in [1.165, 1.54) is 6.20 Å². The van der Waals surface area contributed by atoms with Gasteiger partial charge >= 0.3 is 0 Å². The Morgan fingerprint density at radius 3 is 2.57 bits per heavy atom. The molecular weight excluding hydrogens is 272 g/mol. The molecule has 6 N–H and O–H groups in total. The van der Waals surface area contributed by atoms with Crippen molar-refractivity contribution in [2.75, 3.05) is 5.32 Å². The minimum atomic E-state index is -2.25. The van der Waals surface area contributed by atoms with Crippen molar-refractivity contribution in [2.45, 2.75) is 36.6 Å². The summed E-state index contributed by atoms with van der Waals surface area (Å²) in [5.74, 6) is -3.82. The van der Waals surface area contributed by atoms with Crippen molar-refractivity contribution in [1.29, 1.82) is 0 Å². The van der Waals surface area contributed by atoms with E-state index in [9.17, 15) is 20.1 Å². The number of hydrogen-bond acceptors (Lipinski definition) is 5. The van der Waals surface area contributed by atoms with Gasteiger partial charge in [-0.3, -0.25) is 4.79 Å². The number of carbonyl (C=O) groups excluding carboxylic acids is 1. The zero-order valence-electron chi connectivity index (χ0n) is 11.4. The molecule has 1 fully saturated rings. The summed E-state index contributed by atoms with van der Waals surface area (Å²) in [6, 6.07) is 7.13. The lowest BCUT2D eigenvalue weighted by Crippen LogP contribution is -2.55. The number of carbonyl (C=O) groups is 1. The molecule has 3 rings (SSSR count). The van der Waals surface area contributed by atoms with Gasteiger partial charge < -0.3 is 26.4 Å². The van der Waals surface area contributed by atoms with Crippen LogP contribution in [0.25, 0.3) is 0 Å². The third-order valence-corrected chi connectivity index (χ3v) is 4.50. The van der Waals surface area contributed by atoms with E-state index in [4.69, 9.17) is 5.73 Å². The molecule has 1 aliphatic carbocycles. The highest BCUT2D eigenvalue weighted by Crippen LogP contribution is 2.52. The number of nitrogens with one attached hydrogen (secondary N) is 1. The van der Waals surface area contributed by atoms with Crippen LogP contribution in [0.3, 0.4) is 0 Å². The maximum atomic E-state index is 11.7. The molecule has 1 aliphatic heterocycles. The van der Waals surface area contributed by atoms with Gasteiger partial charge in [0.25, 0.3) is 0 Å². The van der Waals surface area contributed by atoms with Gasteiger partial charge in [0, 0.05) is 23.9 Å². The number of para-hydroxylation sites is 1. The summed E-state index contributed by atoms with van der Waals surface area (Å²) < 4.78 is 0. The Hall–Kier alpha value is -1.89. The van der Waals surface area contributed by atoms with E-state index >= 15 is 0 Å². The van der Waals surface area contributed by atoms with Crippen LogP contribution in [0.5, 0.6) is 0 Å². The fourth-order valence-corrected chi connectivity index (χ4v) is 3.41. The number of nitrogens with two attached hydrogens (primary N) is 1. The lowest BCUT2D eigenvalue weighted by molar-refractivity contribution is -0.262. The maximum absolute atomic E-state index is 11.7. The van der Waals surface area contributed by atoms with Crippen LogP contribution in [0.1, 0.15) is 30.7 Å². The number of amides is 1. The van der Waals surface area contributed by atoms with Gasteiger partial charge in [0.1, 0.15) is 5.60 Å². The minimum absolute atomic E-state index is 0.0572. The summed E-state index contributed by atoms with van der Waals surface area (Å²) >= 11 is 0. The smallest absolute Gasteiger partial charge is 0.246 e. The molecule has 0 bridgehead atoms.